The van der Waals surface area contributed by atoms with Crippen molar-refractivity contribution in [1.82, 2.24) is 15.1 Å². The summed E-state index contributed by atoms with van der Waals surface area (Å²) in [6, 6.07) is -1.20. The fraction of sp³-hybridized carbons (Fsp3) is 0.556. The highest BCUT2D eigenvalue weighted by Crippen LogP contribution is 2.16. The van der Waals surface area contributed by atoms with E-state index < -0.39 is 17.9 Å². The molecule has 4 nitrogen and oxygen atoms in total. The average Bonchev–Trinajstić information content (AvgIpc) is 2.50. The summed E-state index contributed by atoms with van der Waals surface area (Å²) in [7, 11) is 1.65. The molecule has 1 amide bonds. The number of nitrogens with zero attached hydrogens (tertiary/aromatic N) is 2. The average molecular weight is 217 g/mol. The number of alkyl halides is 2. The Kier molecular flexibility index (Phi) is 3.06. The minimum absolute atomic E-state index is 0.272. The lowest BCUT2D eigenvalue weighted by atomic mass is 10.2. The first-order valence-electron chi connectivity index (χ1n) is 4.48. The summed E-state index contributed by atoms with van der Waals surface area (Å²) in [6.45, 7) is 2.02. The Morgan fingerprint density at radius 3 is 2.67 bits per heavy atom. The highest BCUT2D eigenvalue weighted by molar-refractivity contribution is 5.93. The summed E-state index contributed by atoms with van der Waals surface area (Å²) < 4.78 is 27.0. The van der Waals surface area contributed by atoms with E-state index in [1.807, 2.05) is 0 Å². The van der Waals surface area contributed by atoms with Crippen LogP contribution in [0.25, 0.3) is 0 Å². The second-order valence-corrected chi connectivity index (χ2v) is 3.55. The van der Waals surface area contributed by atoms with Crippen LogP contribution >= 0.6 is 0 Å². The molecule has 1 aromatic rings. The zero-order chi connectivity index (χ0) is 11.6. The topological polar surface area (TPSA) is 46.9 Å². The van der Waals surface area contributed by atoms with Crippen molar-refractivity contribution in [3.05, 3.63) is 18.0 Å². The second kappa shape index (κ2) is 3.96. The summed E-state index contributed by atoms with van der Waals surface area (Å²) in [5.74, 6) is -3.48. The summed E-state index contributed by atoms with van der Waals surface area (Å²) in [4.78, 5) is 11.4. The minimum Gasteiger partial charge on any atom is -0.343 e. The van der Waals surface area contributed by atoms with Gasteiger partial charge in [0.15, 0.2) is 0 Å². The van der Waals surface area contributed by atoms with E-state index in [-0.39, 0.29) is 5.56 Å². The Hall–Kier alpha value is -1.46. The number of amides is 1. The molecule has 0 aliphatic carbocycles. The van der Waals surface area contributed by atoms with E-state index in [9.17, 15) is 13.6 Å². The molecule has 1 N–H and O–H groups in total. The van der Waals surface area contributed by atoms with Gasteiger partial charge in [-0.05, 0) is 6.92 Å². The molecule has 0 saturated heterocycles. The van der Waals surface area contributed by atoms with Crippen LogP contribution in [0.1, 0.15) is 24.2 Å². The molecule has 0 bridgehead atoms. The van der Waals surface area contributed by atoms with Crippen LogP contribution < -0.4 is 5.32 Å². The molecule has 1 atom stereocenters. The maximum absolute atomic E-state index is 12.8. The maximum atomic E-state index is 12.8. The zero-order valence-electron chi connectivity index (χ0n) is 8.79. The van der Waals surface area contributed by atoms with Gasteiger partial charge in [-0.2, -0.15) is 5.10 Å². The van der Waals surface area contributed by atoms with E-state index in [0.29, 0.717) is 0 Å². The van der Waals surface area contributed by atoms with Crippen LogP contribution in [0.4, 0.5) is 8.78 Å². The van der Waals surface area contributed by atoms with Crippen LogP contribution in [-0.4, -0.2) is 27.7 Å². The van der Waals surface area contributed by atoms with Gasteiger partial charge in [0.05, 0.1) is 17.8 Å². The number of carbonyl (C=O) groups excluding carboxylic acids is 1. The van der Waals surface area contributed by atoms with Crippen molar-refractivity contribution in [2.75, 3.05) is 0 Å². The number of carbonyl (C=O) groups is 1. The Morgan fingerprint density at radius 1 is 1.67 bits per heavy atom. The lowest BCUT2D eigenvalue weighted by Crippen LogP contribution is -2.43. The van der Waals surface area contributed by atoms with Crippen LogP contribution in [0.3, 0.4) is 0 Å². The number of aromatic nitrogens is 2. The third-order valence-corrected chi connectivity index (χ3v) is 2.08. The standard InChI is InChI=1S/C9H13F2N3O/c1-6(9(2,10)11)13-8(15)7-4-12-14(3)5-7/h4-6H,1-3H3,(H,13,15)/t6-/m0/s1. The predicted molar refractivity (Wildman–Crippen MR) is 50.8 cm³/mol. The number of halogens is 2. The largest absolute Gasteiger partial charge is 0.343 e. The number of hydrogen-bond acceptors (Lipinski definition) is 2. The molecule has 1 rings (SSSR count). The van der Waals surface area contributed by atoms with Gasteiger partial charge < -0.3 is 5.32 Å². The Bertz CT molecular complexity index is 356. The fourth-order valence-electron chi connectivity index (χ4n) is 0.945. The normalized spacial score (nSPS) is 13.7. The van der Waals surface area contributed by atoms with Crippen LogP contribution in [0.15, 0.2) is 12.4 Å². The molecule has 0 unspecified atom stereocenters. The Labute approximate surface area is 86.3 Å². The van der Waals surface area contributed by atoms with Gasteiger partial charge in [0.1, 0.15) is 0 Å². The molecule has 0 radical (unpaired) electrons. The van der Waals surface area contributed by atoms with Gasteiger partial charge in [0, 0.05) is 20.2 Å². The summed E-state index contributed by atoms with van der Waals surface area (Å²) in [5.41, 5.74) is 0.272. The highest BCUT2D eigenvalue weighted by atomic mass is 19.3. The van der Waals surface area contributed by atoms with Crippen molar-refractivity contribution in [2.45, 2.75) is 25.8 Å². The van der Waals surface area contributed by atoms with Crippen LogP contribution in [0.2, 0.25) is 0 Å². The molecule has 0 aliphatic rings. The molecular formula is C9H13F2N3O. The van der Waals surface area contributed by atoms with Gasteiger partial charge in [0.25, 0.3) is 11.8 Å². The molecule has 1 aromatic heterocycles. The first-order valence-corrected chi connectivity index (χ1v) is 4.48. The van der Waals surface area contributed by atoms with Crippen LogP contribution in [0.5, 0.6) is 0 Å². The van der Waals surface area contributed by atoms with Gasteiger partial charge >= 0.3 is 0 Å². The Balaban J connectivity index is 2.64. The van der Waals surface area contributed by atoms with Crippen molar-refractivity contribution in [3.63, 3.8) is 0 Å². The van der Waals surface area contributed by atoms with E-state index >= 15 is 0 Å². The Morgan fingerprint density at radius 2 is 2.27 bits per heavy atom. The van der Waals surface area contributed by atoms with Crippen molar-refractivity contribution in [3.8, 4) is 0 Å². The van der Waals surface area contributed by atoms with Crippen LogP contribution in [0, 0.1) is 0 Å². The highest BCUT2D eigenvalue weighted by Gasteiger charge is 2.31. The monoisotopic (exact) mass is 217 g/mol. The molecule has 0 saturated carbocycles. The third kappa shape index (κ3) is 3.00. The van der Waals surface area contributed by atoms with Crippen LogP contribution in [-0.2, 0) is 7.05 Å². The first kappa shape index (κ1) is 11.6. The smallest absolute Gasteiger partial charge is 0.264 e. The van der Waals surface area contributed by atoms with Gasteiger partial charge in [-0.25, -0.2) is 8.78 Å². The molecule has 84 valence electrons. The summed E-state index contributed by atoms with van der Waals surface area (Å²) in [5, 5.41) is 5.98. The van der Waals surface area contributed by atoms with Gasteiger partial charge in [0.2, 0.25) is 0 Å². The molecule has 0 spiro atoms. The quantitative estimate of drug-likeness (QED) is 0.826. The van der Waals surface area contributed by atoms with Gasteiger partial charge in [-0.1, -0.05) is 0 Å². The predicted octanol–water partition coefficient (Wildman–Crippen LogP) is 1.19. The van der Waals surface area contributed by atoms with E-state index in [0.717, 1.165) is 6.92 Å². The first-order chi connectivity index (χ1) is 6.80. The van der Waals surface area contributed by atoms with Gasteiger partial charge in [-0.15, -0.1) is 0 Å². The maximum Gasteiger partial charge on any atom is 0.264 e. The van der Waals surface area contributed by atoms with Crippen molar-refractivity contribution in [2.24, 2.45) is 7.05 Å². The SMILES string of the molecule is C[C@H](NC(=O)c1cnn(C)c1)C(C)(F)F. The van der Waals surface area contributed by atoms with E-state index in [4.69, 9.17) is 0 Å². The molecular weight excluding hydrogens is 204 g/mol. The number of rotatable bonds is 3. The fourth-order valence-corrected chi connectivity index (χ4v) is 0.945. The van der Waals surface area contributed by atoms with E-state index in [1.54, 1.807) is 7.05 Å². The van der Waals surface area contributed by atoms with Crippen molar-refractivity contribution >= 4 is 5.91 Å². The molecule has 0 aliphatic heterocycles. The lowest BCUT2D eigenvalue weighted by molar-refractivity contribution is -0.0108. The number of nitrogens with one attached hydrogen (secondary N) is 1. The number of hydrogen-bond donors (Lipinski definition) is 1. The molecule has 0 fully saturated rings. The number of aryl methyl sites for hydroxylation is 1. The minimum atomic E-state index is -2.93. The lowest BCUT2D eigenvalue weighted by Gasteiger charge is -2.20. The molecule has 15 heavy (non-hydrogen) atoms. The second-order valence-electron chi connectivity index (χ2n) is 3.55. The third-order valence-electron chi connectivity index (χ3n) is 2.08. The van der Waals surface area contributed by atoms with Crippen molar-refractivity contribution < 1.29 is 13.6 Å². The van der Waals surface area contributed by atoms with Gasteiger partial charge in [-0.3, -0.25) is 9.48 Å². The van der Waals surface area contributed by atoms with E-state index in [1.165, 1.54) is 24.0 Å². The van der Waals surface area contributed by atoms with Crippen molar-refractivity contribution in [1.29, 1.82) is 0 Å². The summed E-state index contributed by atoms with van der Waals surface area (Å²) >= 11 is 0. The molecule has 1 heterocycles. The molecule has 6 heteroatoms. The molecule has 0 aromatic carbocycles. The van der Waals surface area contributed by atoms with E-state index in [2.05, 4.69) is 10.4 Å². The summed E-state index contributed by atoms with van der Waals surface area (Å²) in [6.07, 6.45) is 2.80. The zero-order valence-corrected chi connectivity index (χ0v) is 8.79.